The Morgan fingerprint density at radius 1 is 1.50 bits per heavy atom. The molecule has 0 atom stereocenters. The van der Waals surface area contributed by atoms with Crippen molar-refractivity contribution >= 4 is 17.1 Å². The predicted octanol–water partition coefficient (Wildman–Crippen LogP) is 2.17. The van der Waals surface area contributed by atoms with E-state index in [9.17, 15) is 4.79 Å². The Labute approximate surface area is 96.9 Å². The Morgan fingerprint density at radius 2 is 2.38 bits per heavy atom. The van der Waals surface area contributed by atoms with Crippen molar-refractivity contribution in [2.45, 2.75) is 6.92 Å². The average molecular weight is 234 g/mol. The maximum atomic E-state index is 11.9. The van der Waals surface area contributed by atoms with Gasteiger partial charge in [0, 0.05) is 17.1 Å². The van der Waals surface area contributed by atoms with Crippen LogP contribution in [-0.2, 0) is 0 Å². The molecule has 0 saturated heterocycles. The van der Waals surface area contributed by atoms with Gasteiger partial charge in [-0.3, -0.25) is 9.78 Å². The second-order valence-corrected chi connectivity index (χ2v) is 3.76. The van der Waals surface area contributed by atoms with Crippen molar-refractivity contribution < 1.29 is 9.53 Å². The van der Waals surface area contributed by atoms with Crippen LogP contribution in [0.3, 0.4) is 0 Å². The topological polar surface area (TPSA) is 52.1 Å². The van der Waals surface area contributed by atoms with Gasteiger partial charge in [0.15, 0.2) is 0 Å². The number of ether oxygens (including phenoxy) is 1. The summed E-state index contributed by atoms with van der Waals surface area (Å²) in [7, 11) is 0. The fourth-order valence-electron chi connectivity index (χ4n) is 1.26. The first kappa shape index (κ1) is 10.8. The molecule has 0 spiro atoms. The summed E-state index contributed by atoms with van der Waals surface area (Å²) in [5, 5.41) is 1.72. The molecule has 2 heterocycles. The third-order valence-electron chi connectivity index (χ3n) is 1.95. The van der Waals surface area contributed by atoms with Crippen LogP contribution in [0.5, 0.6) is 5.75 Å². The summed E-state index contributed by atoms with van der Waals surface area (Å²) in [5.41, 5.74) is 2.57. The van der Waals surface area contributed by atoms with E-state index in [1.165, 1.54) is 17.5 Å². The first-order chi connectivity index (χ1) is 7.81. The Morgan fingerprint density at radius 3 is 3.06 bits per heavy atom. The van der Waals surface area contributed by atoms with Gasteiger partial charge in [-0.1, -0.05) is 0 Å². The molecule has 0 aliphatic rings. The monoisotopic (exact) mass is 234 g/mol. The highest BCUT2D eigenvalue weighted by Gasteiger charge is 2.12. The maximum Gasteiger partial charge on any atom is 0.213 e. The molecule has 5 heteroatoms. The highest BCUT2D eigenvalue weighted by molar-refractivity contribution is 7.07. The molecular weight excluding hydrogens is 224 g/mol. The first-order valence-electron chi connectivity index (χ1n) is 4.82. The Kier molecular flexibility index (Phi) is 3.26. The molecule has 4 nitrogen and oxygen atoms in total. The summed E-state index contributed by atoms with van der Waals surface area (Å²) in [6, 6.07) is 1.68. The summed E-state index contributed by atoms with van der Waals surface area (Å²) in [4.78, 5) is 19.8. The molecule has 0 saturated carbocycles. The molecule has 0 aliphatic carbocycles. The second kappa shape index (κ2) is 4.85. The molecule has 0 N–H and O–H groups in total. The van der Waals surface area contributed by atoms with Crippen LogP contribution in [0.25, 0.3) is 0 Å². The second-order valence-electron chi connectivity index (χ2n) is 3.05. The quantitative estimate of drug-likeness (QED) is 0.761. The zero-order chi connectivity index (χ0) is 11.4. The number of thiazole rings is 1. The summed E-state index contributed by atoms with van der Waals surface area (Å²) in [6.45, 7) is 2.44. The van der Waals surface area contributed by atoms with Crippen LogP contribution in [0, 0.1) is 0 Å². The van der Waals surface area contributed by atoms with Crippen LogP contribution in [0.4, 0.5) is 0 Å². The number of hydrogen-bond donors (Lipinski definition) is 0. The normalized spacial score (nSPS) is 10.1. The van der Waals surface area contributed by atoms with Gasteiger partial charge in [-0.05, 0) is 13.0 Å². The van der Waals surface area contributed by atoms with E-state index in [0.717, 1.165) is 0 Å². The fraction of sp³-hybridized carbons (Fsp3) is 0.182. The number of pyridine rings is 1. The van der Waals surface area contributed by atoms with Gasteiger partial charge in [0.05, 0.1) is 18.3 Å². The van der Waals surface area contributed by atoms with E-state index in [-0.39, 0.29) is 5.78 Å². The van der Waals surface area contributed by atoms with Crippen molar-refractivity contribution in [3.63, 3.8) is 0 Å². The SMILES string of the molecule is CCOc1cncc(C(=O)c2cscn2)c1. The van der Waals surface area contributed by atoms with Gasteiger partial charge in [0.25, 0.3) is 0 Å². The Balaban J connectivity index is 2.27. The molecule has 0 unspecified atom stereocenters. The number of ketones is 1. The lowest BCUT2D eigenvalue weighted by Gasteiger charge is -2.03. The smallest absolute Gasteiger partial charge is 0.213 e. The molecule has 82 valence electrons. The zero-order valence-electron chi connectivity index (χ0n) is 8.71. The minimum Gasteiger partial charge on any atom is -0.492 e. The van der Waals surface area contributed by atoms with Crippen molar-refractivity contribution in [1.29, 1.82) is 0 Å². The molecule has 16 heavy (non-hydrogen) atoms. The summed E-state index contributed by atoms with van der Waals surface area (Å²) >= 11 is 1.39. The zero-order valence-corrected chi connectivity index (χ0v) is 9.53. The van der Waals surface area contributed by atoms with Crippen LogP contribution in [0.2, 0.25) is 0 Å². The van der Waals surface area contributed by atoms with Crippen LogP contribution in [0.15, 0.2) is 29.4 Å². The summed E-state index contributed by atoms with van der Waals surface area (Å²) in [6.07, 6.45) is 3.10. The van der Waals surface area contributed by atoms with Crippen LogP contribution >= 0.6 is 11.3 Å². The molecule has 2 aromatic heterocycles. The highest BCUT2D eigenvalue weighted by Crippen LogP contribution is 2.15. The molecule has 0 bridgehead atoms. The van der Waals surface area contributed by atoms with Gasteiger partial charge in [-0.2, -0.15) is 0 Å². The van der Waals surface area contributed by atoms with Crippen molar-refractivity contribution in [3.05, 3.63) is 40.6 Å². The van der Waals surface area contributed by atoms with E-state index in [1.807, 2.05) is 6.92 Å². The molecule has 2 rings (SSSR count). The minimum atomic E-state index is -0.129. The lowest BCUT2D eigenvalue weighted by Crippen LogP contribution is -2.03. The maximum absolute atomic E-state index is 11.9. The van der Waals surface area contributed by atoms with Crippen molar-refractivity contribution in [2.24, 2.45) is 0 Å². The Bertz CT molecular complexity index is 482. The van der Waals surface area contributed by atoms with Crippen LogP contribution < -0.4 is 4.74 Å². The molecular formula is C11H10N2O2S. The van der Waals surface area contributed by atoms with Gasteiger partial charge in [0.2, 0.25) is 5.78 Å². The third-order valence-corrected chi connectivity index (χ3v) is 2.54. The van der Waals surface area contributed by atoms with E-state index in [1.54, 1.807) is 23.2 Å². The van der Waals surface area contributed by atoms with E-state index in [2.05, 4.69) is 9.97 Å². The van der Waals surface area contributed by atoms with Gasteiger partial charge in [-0.15, -0.1) is 11.3 Å². The molecule has 0 fully saturated rings. The first-order valence-corrected chi connectivity index (χ1v) is 5.76. The van der Waals surface area contributed by atoms with Gasteiger partial charge >= 0.3 is 0 Å². The predicted molar refractivity (Wildman–Crippen MR) is 61.0 cm³/mol. The van der Waals surface area contributed by atoms with Crippen molar-refractivity contribution in [3.8, 4) is 5.75 Å². The van der Waals surface area contributed by atoms with E-state index in [0.29, 0.717) is 23.6 Å². The highest BCUT2D eigenvalue weighted by atomic mass is 32.1. The van der Waals surface area contributed by atoms with Gasteiger partial charge in [-0.25, -0.2) is 4.98 Å². The standard InChI is InChI=1S/C11H10N2O2S/c1-2-15-9-3-8(4-12-5-9)11(14)10-6-16-7-13-10/h3-7H,2H2,1H3. The lowest BCUT2D eigenvalue weighted by molar-refractivity contribution is 0.103. The third kappa shape index (κ3) is 2.25. The van der Waals surface area contributed by atoms with E-state index < -0.39 is 0 Å². The molecule has 0 radical (unpaired) electrons. The van der Waals surface area contributed by atoms with Gasteiger partial charge in [0.1, 0.15) is 11.4 Å². The number of nitrogens with zero attached hydrogens (tertiary/aromatic N) is 2. The van der Waals surface area contributed by atoms with Crippen LogP contribution in [0.1, 0.15) is 23.0 Å². The number of carbonyl (C=O) groups excluding carboxylic acids is 1. The van der Waals surface area contributed by atoms with E-state index in [4.69, 9.17) is 4.74 Å². The van der Waals surface area contributed by atoms with Crippen molar-refractivity contribution in [1.82, 2.24) is 9.97 Å². The number of rotatable bonds is 4. The lowest BCUT2D eigenvalue weighted by atomic mass is 10.1. The van der Waals surface area contributed by atoms with Gasteiger partial charge < -0.3 is 4.74 Å². The molecule has 0 aromatic carbocycles. The largest absolute Gasteiger partial charge is 0.492 e. The van der Waals surface area contributed by atoms with Crippen LogP contribution in [-0.4, -0.2) is 22.4 Å². The molecule has 0 amide bonds. The number of aromatic nitrogens is 2. The Hall–Kier alpha value is -1.75. The summed E-state index contributed by atoms with van der Waals surface area (Å²) < 4.78 is 5.28. The number of carbonyl (C=O) groups is 1. The fourth-order valence-corrected chi connectivity index (χ4v) is 1.79. The minimum absolute atomic E-state index is 0.129. The molecule has 2 aromatic rings. The molecule has 0 aliphatic heterocycles. The van der Waals surface area contributed by atoms with Crippen molar-refractivity contribution in [2.75, 3.05) is 6.61 Å². The van der Waals surface area contributed by atoms with E-state index >= 15 is 0 Å². The number of hydrogen-bond acceptors (Lipinski definition) is 5. The average Bonchev–Trinajstić information content (AvgIpc) is 2.82. The summed E-state index contributed by atoms with van der Waals surface area (Å²) in [5.74, 6) is 0.471.